The van der Waals surface area contributed by atoms with Crippen LogP contribution in [0.5, 0.6) is 0 Å². The zero-order valence-corrected chi connectivity index (χ0v) is 10.0. The van der Waals surface area contributed by atoms with E-state index in [2.05, 4.69) is 11.8 Å². The fourth-order valence-electron chi connectivity index (χ4n) is 1.92. The molecule has 0 atom stereocenters. The molecule has 1 aliphatic heterocycles. The largest absolute Gasteiger partial charge is 0.381 e. The first kappa shape index (κ1) is 11.9. The molecule has 0 unspecified atom stereocenters. The van der Waals surface area contributed by atoms with Gasteiger partial charge in [-0.3, -0.25) is 4.79 Å². The van der Waals surface area contributed by atoms with E-state index in [0.717, 1.165) is 43.5 Å². The van der Waals surface area contributed by atoms with E-state index in [1.54, 1.807) is 0 Å². The summed E-state index contributed by atoms with van der Waals surface area (Å²) in [6.45, 7) is 3.57. The molecular weight excluding hydrogens is 212 g/mol. The quantitative estimate of drug-likeness (QED) is 0.545. The fraction of sp³-hybridized carbons (Fsp3) is 0.400. The second-order valence-electron chi connectivity index (χ2n) is 4.36. The number of carbonyl (C=O) groups is 1. The van der Waals surface area contributed by atoms with Crippen LogP contribution < -0.4 is 0 Å². The number of aryl methyl sites for hydroxylation is 1. The van der Waals surface area contributed by atoms with Crippen LogP contribution in [-0.2, 0) is 4.74 Å². The second-order valence-corrected chi connectivity index (χ2v) is 4.36. The molecule has 17 heavy (non-hydrogen) atoms. The van der Waals surface area contributed by atoms with Crippen LogP contribution >= 0.6 is 0 Å². The molecule has 1 aromatic carbocycles. The molecule has 1 fully saturated rings. The standard InChI is InChI=1S/C15H16O2/c1-12-2-4-14(15(10-12)11-16)5-3-13-6-8-17-9-7-13/h2,4,10-11,13H,6-9H2,1H3. The summed E-state index contributed by atoms with van der Waals surface area (Å²) in [4.78, 5) is 10.9. The average molecular weight is 228 g/mol. The normalized spacial score (nSPS) is 16.1. The summed E-state index contributed by atoms with van der Waals surface area (Å²) in [7, 11) is 0. The molecule has 1 heterocycles. The van der Waals surface area contributed by atoms with Crippen LogP contribution in [0.15, 0.2) is 18.2 Å². The summed E-state index contributed by atoms with van der Waals surface area (Å²) in [5.74, 6) is 6.77. The zero-order valence-electron chi connectivity index (χ0n) is 10.0. The van der Waals surface area contributed by atoms with Gasteiger partial charge in [0.2, 0.25) is 0 Å². The Kier molecular flexibility index (Phi) is 3.95. The Bertz CT molecular complexity index is 460. The highest BCUT2D eigenvalue weighted by molar-refractivity contribution is 5.79. The maximum Gasteiger partial charge on any atom is 0.151 e. The first-order chi connectivity index (χ1) is 8.29. The minimum atomic E-state index is 0.407. The van der Waals surface area contributed by atoms with Crippen molar-refractivity contribution in [2.45, 2.75) is 19.8 Å². The van der Waals surface area contributed by atoms with Crippen LogP contribution in [0.2, 0.25) is 0 Å². The topological polar surface area (TPSA) is 26.3 Å². The van der Waals surface area contributed by atoms with E-state index in [4.69, 9.17) is 4.74 Å². The molecule has 2 rings (SSSR count). The van der Waals surface area contributed by atoms with Gasteiger partial charge in [-0.1, -0.05) is 23.5 Å². The Labute approximate surface area is 102 Å². The summed E-state index contributed by atoms with van der Waals surface area (Å²) in [6, 6.07) is 5.79. The SMILES string of the molecule is Cc1ccc(C#CC2CCOCC2)c(C=O)c1. The van der Waals surface area contributed by atoms with Crippen LogP contribution in [0, 0.1) is 24.7 Å². The van der Waals surface area contributed by atoms with Gasteiger partial charge >= 0.3 is 0 Å². The van der Waals surface area contributed by atoms with Gasteiger partial charge in [0.1, 0.15) is 0 Å². The fourth-order valence-corrected chi connectivity index (χ4v) is 1.92. The second kappa shape index (κ2) is 5.65. The number of aldehydes is 1. The highest BCUT2D eigenvalue weighted by Gasteiger charge is 2.10. The lowest BCUT2D eigenvalue weighted by Gasteiger charge is -2.16. The zero-order chi connectivity index (χ0) is 12.1. The molecule has 2 heteroatoms. The van der Waals surface area contributed by atoms with Crippen molar-refractivity contribution < 1.29 is 9.53 Å². The lowest BCUT2D eigenvalue weighted by molar-refractivity contribution is 0.0807. The van der Waals surface area contributed by atoms with Crippen LogP contribution in [0.3, 0.4) is 0 Å². The van der Waals surface area contributed by atoms with Crippen LogP contribution in [0.1, 0.15) is 34.3 Å². The number of rotatable bonds is 1. The van der Waals surface area contributed by atoms with Crippen LogP contribution in [-0.4, -0.2) is 19.5 Å². The number of ether oxygens (including phenoxy) is 1. The third-order valence-corrected chi connectivity index (χ3v) is 2.97. The molecule has 88 valence electrons. The van der Waals surface area contributed by atoms with Gasteiger partial charge in [0.25, 0.3) is 0 Å². The first-order valence-electron chi connectivity index (χ1n) is 5.94. The predicted molar refractivity (Wildman–Crippen MR) is 67.0 cm³/mol. The van der Waals surface area contributed by atoms with Gasteiger partial charge in [-0.2, -0.15) is 0 Å². The number of benzene rings is 1. The third kappa shape index (κ3) is 3.18. The van der Waals surface area contributed by atoms with Crippen LogP contribution in [0.4, 0.5) is 0 Å². The van der Waals surface area contributed by atoms with Crippen LogP contribution in [0.25, 0.3) is 0 Å². The predicted octanol–water partition coefficient (Wildman–Crippen LogP) is 2.59. The van der Waals surface area contributed by atoms with Gasteiger partial charge < -0.3 is 4.74 Å². The maximum absolute atomic E-state index is 10.9. The monoisotopic (exact) mass is 228 g/mol. The molecule has 1 saturated heterocycles. The summed E-state index contributed by atoms with van der Waals surface area (Å²) in [5, 5.41) is 0. The highest BCUT2D eigenvalue weighted by Crippen LogP contribution is 2.14. The molecule has 0 aromatic heterocycles. The van der Waals surface area contributed by atoms with E-state index in [0.29, 0.717) is 11.5 Å². The Hall–Kier alpha value is -1.59. The molecule has 0 radical (unpaired) electrons. The van der Waals surface area contributed by atoms with E-state index < -0.39 is 0 Å². The van der Waals surface area contributed by atoms with Gasteiger partial charge in [-0.05, 0) is 31.9 Å². The Morgan fingerprint density at radius 1 is 1.35 bits per heavy atom. The first-order valence-corrected chi connectivity index (χ1v) is 5.94. The lowest BCUT2D eigenvalue weighted by atomic mass is 9.99. The molecule has 0 bridgehead atoms. The summed E-state index contributed by atoms with van der Waals surface area (Å²) in [6.07, 6.45) is 2.87. The number of hydrogen-bond donors (Lipinski definition) is 0. The van der Waals surface area contributed by atoms with E-state index in [9.17, 15) is 4.79 Å². The van der Waals surface area contributed by atoms with E-state index in [1.165, 1.54) is 0 Å². The van der Waals surface area contributed by atoms with Crippen molar-refractivity contribution in [1.82, 2.24) is 0 Å². The molecule has 0 amide bonds. The molecule has 2 nitrogen and oxygen atoms in total. The molecule has 1 aromatic rings. The van der Waals surface area contributed by atoms with Crippen molar-refractivity contribution in [3.8, 4) is 11.8 Å². The van der Waals surface area contributed by atoms with Crippen molar-refractivity contribution >= 4 is 6.29 Å². The smallest absolute Gasteiger partial charge is 0.151 e. The minimum Gasteiger partial charge on any atom is -0.381 e. The lowest BCUT2D eigenvalue weighted by Crippen LogP contribution is -2.13. The van der Waals surface area contributed by atoms with Gasteiger partial charge in [0, 0.05) is 30.3 Å². The van der Waals surface area contributed by atoms with E-state index in [-0.39, 0.29) is 0 Å². The van der Waals surface area contributed by atoms with Crippen molar-refractivity contribution in [3.05, 3.63) is 34.9 Å². The van der Waals surface area contributed by atoms with E-state index >= 15 is 0 Å². The van der Waals surface area contributed by atoms with Gasteiger partial charge in [0.15, 0.2) is 6.29 Å². The maximum atomic E-state index is 10.9. The summed E-state index contributed by atoms with van der Waals surface area (Å²) in [5.41, 5.74) is 2.60. The molecule has 0 aliphatic carbocycles. The average Bonchev–Trinajstić information content (AvgIpc) is 2.38. The van der Waals surface area contributed by atoms with Gasteiger partial charge in [0.05, 0.1) is 0 Å². The third-order valence-electron chi connectivity index (χ3n) is 2.97. The minimum absolute atomic E-state index is 0.407. The molecule has 0 spiro atoms. The Morgan fingerprint density at radius 2 is 2.12 bits per heavy atom. The van der Waals surface area contributed by atoms with Gasteiger partial charge in [-0.15, -0.1) is 0 Å². The summed E-state index contributed by atoms with van der Waals surface area (Å²) >= 11 is 0. The summed E-state index contributed by atoms with van der Waals surface area (Å²) < 4.78 is 5.29. The van der Waals surface area contributed by atoms with Crippen molar-refractivity contribution in [1.29, 1.82) is 0 Å². The number of carbonyl (C=O) groups excluding carboxylic acids is 1. The highest BCUT2D eigenvalue weighted by atomic mass is 16.5. The molecule has 0 N–H and O–H groups in total. The Morgan fingerprint density at radius 3 is 2.82 bits per heavy atom. The van der Waals surface area contributed by atoms with Gasteiger partial charge in [-0.25, -0.2) is 0 Å². The molecular formula is C15H16O2. The Balaban J connectivity index is 2.17. The van der Waals surface area contributed by atoms with Crippen molar-refractivity contribution in [2.24, 2.45) is 5.92 Å². The van der Waals surface area contributed by atoms with Crippen molar-refractivity contribution in [2.75, 3.05) is 13.2 Å². The van der Waals surface area contributed by atoms with Crippen molar-refractivity contribution in [3.63, 3.8) is 0 Å². The van der Waals surface area contributed by atoms with E-state index in [1.807, 2.05) is 25.1 Å². The molecule has 0 saturated carbocycles. The molecule has 1 aliphatic rings. The number of hydrogen-bond acceptors (Lipinski definition) is 2.